The molecule has 1 aromatic heterocycles. The summed E-state index contributed by atoms with van der Waals surface area (Å²) in [5.74, 6) is -0.858. The standard InChI is InChI=1S/C31H32F3N5O2/c32-31(33,34)26-12-6-4-8-22(26)19-36-30(41)28(18-23-20-35-27-13-7-5-11-25(23)27)37-29(40)21-38-14-16-39(17-15-38)24-9-2-1-3-10-24/h1-13,20,28,35H,14-19,21H2,(H,36,41)(H,37,40). The molecule has 0 saturated carbocycles. The normalized spacial score (nSPS) is 15.0. The van der Waals surface area contributed by atoms with Crippen LogP contribution in [0.25, 0.3) is 10.9 Å². The molecule has 2 heterocycles. The van der Waals surface area contributed by atoms with E-state index in [2.05, 4.69) is 32.7 Å². The lowest BCUT2D eigenvalue weighted by Gasteiger charge is -2.35. The van der Waals surface area contributed by atoms with Crippen LogP contribution in [0.2, 0.25) is 0 Å². The fraction of sp³-hybridized carbons (Fsp3) is 0.290. The molecule has 1 saturated heterocycles. The van der Waals surface area contributed by atoms with E-state index in [1.165, 1.54) is 18.2 Å². The zero-order chi connectivity index (χ0) is 28.8. The maximum atomic E-state index is 13.5. The van der Waals surface area contributed by atoms with Crippen molar-refractivity contribution in [2.24, 2.45) is 0 Å². The summed E-state index contributed by atoms with van der Waals surface area (Å²) in [6, 6.07) is 21.9. The molecule has 4 aromatic rings. The van der Waals surface area contributed by atoms with Gasteiger partial charge in [0.2, 0.25) is 11.8 Å². The highest BCUT2D eigenvalue weighted by molar-refractivity contribution is 5.90. The number of piperazine rings is 1. The van der Waals surface area contributed by atoms with Crippen molar-refractivity contribution in [1.29, 1.82) is 0 Å². The fourth-order valence-corrected chi connectivity index (χ4v) is 5.23. The second-order valence-corrected chi connectivity index (χ2v) is 10.2. The minimum atomic E-state index is -4.54. The van der Waals surface area contributed by atoms with Crippen LogP contribution >= 0.6 is 0 Å². The highest BCUT2D eigenvalue weighted by atomic mass is 19.4. The number of nitrogens with one attached hydrogen (secondary N) is 3. The van der Waals surface area contributed by atoms with Crippen LogP contribution in [0, 0.1) is 0 Å². The monoisotopic (exact) mass is 563 g/mol. The predicted molar refractivity (Wildman–Crippen MR) is 152 cm³/mol. The largest absolute Gasteiger partial charge is 0.416 e. The van der Waals surface area contributed by atoms with Crippen molar-refractivity contribution in [3.63, 3.8) is 0 Å². The SMILES string of the molecule is O=C(CN1CCN(c2ccccc2)CC1)NC(Cc1c[nH]c2ccccc12)C(=O)NCc1ccccc1C(F)(F)F. The van der Waals surface area contributed by atoms with Gasteiger partial charge in [0.15, 0.2) is 0 Å². The smallest absolute Gasteiger partial charge is 0.369 e. The average molecular weight is 564 g/mol. The number of anilines is 1. The van der Waals surface area contributed by atoms with E-state index in [0.29, 0.717) is 13.1 Å². The Bertz CT molecular complexity index is 1480. The topological polar surface area (TPSA) is 80.5 Å². The Morgan fingerprint density at radius 1 is 0.854 bits per heavy atom. The Hall–Kier alpha value is -4.31. The summed E-state index contributed by atoms with van der Waals surface area (Å²) >= 11 is 0. The molecule has 0 radical (unpaired) electrons. The molecule has 2 amide bonds. The van der Waals surface area contributed by atoms with Crippen LogP contribution in [0.3, 0.4) is 0 Å². The molecule has 1 aliphatic heterocycles. The van der Waals surface area contributed by atoms with E-state index < -0.39 is 23.7 Å². The summed E-state index contributed by atoms with van der Waals surface area (Å²) in [4.78, 5) is 33.9. The maximum Gasteiger partial charge on any atom is 0.416 e. The number of para-hydroxylation sites is 2. The lowest BCUT2D eigenvalue weighted by atomic mass is 10.0. The summed E-state index contributed by atoms with van der Waals surface area (Å²) in [7, 11) is 0. The molecule has 0 aliphatic carbocycles. The lowest BCUT2D eigenvalue weighted by molar-refractivity contribution is -0.138. The van der Waals surface area contributed by atoms with Crippen LogP contribution in [0.4, 0.5) is 18.9 Å². The molecule has 1 aliphatic rings. The zero-order valence-electron chi connectivity index (χ0n) is 22.5. The first-order valence-corrected chi connectivity index (χ1v) is 13.6. The van der Waals surface area contributed by atoms with Crippen molar-refractivity contribution in [2.75, 3.05) is 37.6 Å². The van der Waals surface area contributed by atoms with Crippen LogP contribution in [0.5, 0.6) is 0 Å². The van der Waals surface area contributed by atoms with Gasteiger partial charge in [-0.3, -0.25) is 14.5 Å². The van der Waals surface area contributed by atoms with E-state index in [1.54, 1.807) is 6.20 Å². The van der Waals surface area contributed by atoms with E-state index in [1.807, 2.05) is 47.4 Å². The molecule has 41 heavy (non-hydrogen) atoms. The maximum absolute atomic E-state index is 13.5. The van der Waals surface area contributed by atoms with Crippen molar-refractivity contribution >= 4 is 28.4 Å². The van der Waals surface area contributed by atoms with Gasteiger partial charge in [0.25, 0.3) is 0 Å². The van der Waals surface area contributed by atoms with Gasteiger partial charge < -0.3 is 20.5 Å². The number of carbonyl (C=O) groups is 2. The quantitative estimate of drug-likeness (QED) is 0.283. The molecule has 1 fully saturated rings. The summed E-state index contributed by atoms with van der Waals surface area (Å²) < 4.78 is 40.4. The summed E-state index contributed by atoms with van der Waals surface area (Å²) in [6.45, 7) is 2.74. The highest BCUT2D eigenvalue weighted by Crippen LogP contribution is 2.31. The number of aromatic amines is 1. The average Bonchev–Trinajstić information content (AvgIpc) is 3.39. The molecule has 5 rings (SSSR count). The Morgan fingerprint density at radius 3 is 2.29 bits per heavy atom. The first-order valence-electron chi connectivity index (χ1n) is 13.6. The van der Waals surface area contributed by atoms with Crippen molar-refractivity contribution in [2.45, 2.75) is 25.2 Å². The number of carbonyl (C=O) groups excluding carboxylic acids is 2. The molecule has 1 unspecified atom stereocenters. The molecule has 3 N–H and O–H groups in total. The van der Waals surface area contributed by atoms with Gasteiger partial charge in [0, 0.05) is 61.9 Å². The second-order valence-electron chi connectivity index (χ2n) is 10.2. The number of nitrogens with zero attached hydrogens (tertiary/aromatic N) is 2. The minimum Gasteiger partial charge on any atom is -0.369 e. The molecule has 1 atom stereocenters. The number of aromatic nitrogens is 1. The molecule has 3 aromatic carbocycles. The van der Waals surface area contributed by atoms with Gasteiger partial charge in [-0.1, -0.05) is 54.6 Å². The van der Waals surface area contributed by atoms with Crippen molar-refractivity contribution in [1.82, 2.24) is 20.5 Å². The number of rotatable bonds is 9. The van der Waals surface area contributed by atoms with Gasteiger partial charge >= 0.3 is 6.18 Å². The predicted octanol–water partition coefficient (Wildman–Crippen LogP) is 4.35. The van der Waals surface area contributed by atoms with Gasteiger partial charge in [-0.25, -0.2) is 0 Å². The van der Waals surface area contributed by atoms with E-state index >= 15 is 0 Å². The number of fused-ring (bicyclic) bond motifs is 1. The van der Waals surface area contributed by atoms with E-state index in [9.17, 15) is 22.8 Å². The number of alkyl halides is 3. The molecule has 214 valence electrons. The van der Waals surface area contributed by atoms with Crippen LogP contribution in [0.1, 0.15) is 16.7 Å². The van der Waals surface area contributed by atoms with E-state index in [4.69, 9.17) is 0 Å². The summed E-state index contributed by atoms with van der Waals surface area (Å²) in [5.41, 5.74) is 2.02. The van der Waals surface area contributed by atoms with E-state index in [-0.39, 0.29) is 31.0 Å². The van der Waals surface area contributed by atoms with Crippen molar-refractivity contribution in [3.8, 4) is 0 Å². The minimum absolute atomic E-state index is 0.0400. The van der Waals surface area contributed by atoms with Gasteiger partial charge in [0.1, 0.15) is 6.04 Å². The number of hydrogen-bond donors (Lipinski definition) is 3. The first kappa shape index (κ1) is 28.2. The molecule has 10 heteroatoms. The van der Waals surface area contributed by atoms with Crippen LogP contribution in [0.15, 0.2) is 85.1 Å². The third kappa shape index (κ3) is 7.07. The van der Waals surface area contributed by atoms with Crippen LogP contribution in [-0.4, -0.2) is 60.5 Å². The molecular formula is C31H32F3N5O2. The number of amides is 2. The lowest BCUT2D eigenvalue weighted by Crippen LogP contribution is -2.53. The number of hydrogen-bond acceptors (Lipinski definition) is 4. The Kier molecular flexibility index (Phi) is 8.58. The molecule has 0 spiro atoms. The van der Waals surface area contributed by atoms with Gasteiger partial charge in [-0.2, -0.15) is 13.2 Å². The highest BCUT2D eigenvalue weighted by Gasteiger charge is 2.33. The first-order chi connectivity index (χ1) is 19.8. The summed E-state index contributed by atoms with van der Waals surface area (Å²) in [6.07, 6.45) is -2.56. The third-order valence-corrected chi connectivity index (χ3v) is 7.39. The van der Waals surface area contributed by atoms with Crippen LogP contribution < -0.4 is 15.5 Å². The van der Waals surface area contributed by atoms with Gasteiger partial charge in [-0.15, -0.1) is 0 Å². The number of H-pyrrole nitrogens is 1. The molecular weight excluding hydrogens is 531 g/mol. The number of benzene rings is 3. The third-order valence-electron chi connectivity index (χ3n) is 7.39. The van der Waals surface area contributed by atoms with Gasteiger partial charge in [0.05, 0.1) is 12.1 Å². The second kappa shape index (κ2) is 12.5. The van der Waals surface area contributed by atoms with E-state index in [0.717, 1.165) is 41.3 Å². The Morgan fingerprint density at radius 2 is 1.54 bits per heavy atom. The fourth-order valence-electron chi connectivity index (χ4n) is 5.23. The van der Waals surface area contributed by atoms with Gasteiger partial charge in [-0.05, 0) is 35.4 Å². The molecule has 0 bridgehead atoms. The number of halogens is 3. The van der Waals surface area contributed by atoms with Crippen LogP contribution in [-0.2, 0) is 28.7 Å². The molecule has 7 nitrogen and oxygen atoms in total. The Labute approximate surface area is 236 Å². The Balaban J connectivity index is 1.25. The zero-order valence-corrected chi connectivity index (χ0v) is 22.5. The van der Waals surface area contributed by atoms with Crippen molar-refractivity contribution < 1.29 is 22.8 Å². The van der Waals surface area contributed by atoms with Crippen molar-refractivity contribution in [3.05, 3.63) is 102 Å². The summed E-state index contributed by atoms with van der Waals surface area (Å²) in [5, 5.41) is 6.39.